The molecule has 0 amide bonds. The summed E-state index contributed by atoms with van der Waals surface area (Å²) in [5.41, 5.74) is 0.365. The molecule has 0 atom stereocenters. The molecule has 3 aromatic rings. The molecule has 30 heavy (non-hydrogen) atoms. The summed E-state index contributed by atoms with van der Waals surface area (Å²) in [5, 5.41) is 1.63. The summed E-state index contributed by atoms with van der Waals surface area (Å²) >= 11 is 1.05. The van der Waals surface area contributed by atoms with E-state index in [1.54, 1.807) is 30.5 Å². The standard InChI is InChI=1S/C19H18N2O6S3/c1-2-27-19(22)14-9-11-15(12-10-14)29(23,24)20-16-6-3-4-7-17(16)21-30(25,26)18-8-5-13-28-18/h3-13,20-21H,2H2,1H3. The van der Waals surface area contributed by atoms with Gasteiger partial charge in [-0.3, -0.25) is 9.44 Å². The van der Waals surface area contributed by atoms with Crippen molar-refractivity contribution in [3.05, 3.63) is 71.6 Å². The van der Waals surface area contributed by atoms with E-state index in [1.807, 2.05) is 0 Å². The second-order valence-corrected chi connectivity index (χ2v) is 10.5. The van der Waals surface area contributed by atoms with E-state index in [0.717, 1.165) is 11.3 Å². The zero-order chi connectivity index (χ0) is 21.8. The summed E-state index contributed by atoms with van der Waals surface area (Å²) < 4.78 is 60.2. The highest BCUT2D eigenvalue weighted by Crippen LogP contribution is 2.28. The highest BCUT2D eigenvalue weighted by molar-refractivity contribution is 7.94. The predicted molar refractivity (Wildman–Crippen MR) is 115 cm³/mol. The van der Waals surface area contributed by atoms with Crippen molar-refractivity contribution in [2.45, 2.75) is 16.0 Å². The number of thiophene rings is 1. The van der Waals surface area contributed by atoms with Gasteiger partial charge >= 0.3 is 5.97 Å². The Balaban J connectivity index is 1.85. The number of sulfonamides is 2. The summed E-state index contributed by atoms with van der Waals surface area (Å²) in [6, 6.07) is 14.3. The third-order valence-corrected chi connectivity index (χ3v) is 8.00. The number of rotatable bonds is 8. The average Bonchev–Trinajstić information content (AvgIpc) is 3.25. The van der Waals surface area contributed by atoms with Crippen LogP contribution < -0.4 is 9.44 Å². The Morgan fingerprint density at radius 3 is 2.00 bits per heavy atom. The first-order chi connectivity index (χ1) is 14.2. The molecule has 0 saturated carbocycles. The monoisotopic (exact) mass is 466 g/mol. The lowest BCUT2D eigenvalue weighted by molar-refractivity contribution is 0.0526. The van der Waals surface area contributed by atoms with Crippen molar-refractivity contribution in [3.63, 3.8) is 0 Å². The zero-order valence-electron chi connectivity index (χ0n) is 15.7. The van der Waals surface area contributed by atoms with Gasteiger partial charge in [-0.25, -0.2) is 21.6 Å². The lowest BCUT2D eigenvalue weighted by Crippen LogP contribution is -2.17. The predicted octanol–water partition coefficient (Wildman–Crippen LogP) is 3.53. The van der Waals surface area contributed by atoms with Crippen LogP contribution in [0.15, 0.2) is 75.1 Å². The zero-order valence-corrected chi connectivity index (χ0v) is 18.2. The summed E-state index contributed by atoms with van der Waals surface area (Å²) in [6.07, 6.45) is 0. The van der Waals surface area contributed by atoms with Crippen LogP contribution in [0.2, 0.25) is 0 Å². The van der Waals surface area contributed by atoms with Gasteiger partial charge in [-0.1, -0.05) is 18.2 Å². The van der Waals surface area contributed by atoms with Gasteiger partial charge in [0.1, 0.15) is 4.21 Å². The molecule has 1 heterocycles. The first kappa shape index (κ1) is 21.8. The second kappa shape index (κ2) is 8.86. The normalized spacial score (nSPS) is 11.6. The van der Waals surface area contributed by atoms with Crippen LogP contribution in [-0.2, 0) is 24.8 Å². The third kappa shape index (κ3) is 4.99. The van der Waals surface area contributed by atoms with Crippen LogP contribution in [0.3, 0.4) is 0 Å². The Morgan fingerprint density at radius 2 is 1.47 bits per heavy atom. The molecule has 0 bridgehead atoms. The van der Waals surface area contributed by atoms with Crippen LogP contribution in [-0.4, -0.2) is 29.4 Å². The van der Waals surface area contributed by atoms with Gasteiger partial charge < -0.3 is 4.74 Å². The maximum Gasteiger partial charge on any atom is 0.338 e. The van der Waals surface area contributed by atoms with E-state index < -0.39 is 26.0 Å². The number of benzene rings is 2. The van der Waals surface area contributed by atoms with Gasteiger partial charge in [0.15, 0.2) is 0 Å². The van der Waals surface area contributed by atoms with Crippen molar-refractivity contribution in [1.29, 1.82) is 0 Å². The highest BCUT2D eigenvalue weighted by Gasteiger charge is 2.20. The largest absolute Gasteiger partial charge is 0.462 e. The van der Waals surface area contributed by atoms with Crippen LogP contribution in [0.25, 0.3) is 0 Å². The van der Waals surface area contributed by atoms with E-state index in [2.05, 4.69) is 9.44 Å². The lowest BCUT2D eigenvalue weighted by atomic mass is 10.2. The maximum absolute atomic E-state index is 12.8. The number of para-hydroxylation sites is 2. The molecule has 8 nitrogen and oxygen atoms in total. The Bertz CT molecular complexity index is 1240. The van der Waals surface area contributed by atoms with E-state index in [-0.39, 0.29) is 32.6 Å². The van der Waals surface area contributed by atoms with E-state index in [0.29, 0.717) is 0 Å². The molecule has 3 rings (SSSR count). The summed E-state index contributed by atoms with van der Waals surface area (Å²) in [4.78, 5) is 11.6. The molecule has 1 aromatic heterocycles. The third-order valence-electron chi connectivity index (χ3n) is 3.85. The van der Waals surface area contributed by atoms with Crippen molar-refractivity contribution in [2.24, 2.45) is 0 Å². The fourth-order valence-corrected chi connectivity index (χ4v) is 5.61. The first-order valence-corrected chi connectivity index (χ1v) is 12.5. The molecule has 0 spiro atoms. The van der Waals surface area contributed by atoms with Crippen molar-refractivity contribution in [3.8, 4) is 0 Å². The van der Waals surface area contributed by atoms with Crippen LogP contribution in [0, 0.1) is 0 Å². The average molecular weight is 467 g/mol. The van der Waals surface area contributed by atoms with E-state index in [9.17, 15) is 21.6 Å². The molecular weight excluding hydrogens is 448 g/mol. The van der Waals surface area contributed by atoms with Gasteiger partial charge in [-0.05, 0) is 54.8 Å². The molecule has 0 radical (unpaired) electrons. The number of nitrogens with one attached hydrogen (secondary N) is 2. The first-order valence-electron chi connectivity index (χ1n) is 8.68. The Hall–Kier alpha value is -2.89. The highest BCUT2D eigenvalue weighted by atomic mass is 32.2. The summed E-state index contributed by atoms with van der Waals surface area (Å²) in [5.74, 6) is -0.553. The fraction of sp³-hybridized carbons (Fsp3) is 0.105. The smallest absolute Gasteiger partial charge is 0.338 e. The summed E-state index contributed by atoms with van der Waals surface area (Å²) in [7, 11) is -7.89. The Morgan fingerprint density at radius 1 is 0.867 bits per heavy atom. The molecule has 158 valence electrons. The SMILES string of the molecule is CCOC(=O)c1ccc(S(=O)(=O)Nc2ccccc2NS(=O)(=O)c2cccs2)cc1. The van der Waals surface area contributed by atoms with Gasteiger partial charge in [-0.2, -0.15) is 0 Å². The molecule has 0 aliphatic heterocycles. The maximum atomic E-state index is 12.8. The quantitative estimate of drug-likeness (QED) is 0.490. The topological polar surface area (TPSA) is 119 Å². The summed E-state index contributed by atoms with van der Waals surface area (Å²) in [6.45, 7) is 1.88. The van der Waals surface area contributed by atoms with Crippen molar-refractivity contribution in [2.75, 3.05) is 16.1 Å². The molecule has 11 heteroatoms. The number of carbonyl (C=O) groups is 1. The van der Waals surface area contributed by atoms with Gasteiger partial charge in [0, 0.05) is 0 Å². The van der Waals surface area contributed by atoms with Crippen LogP contribution in [0.5, 0.6) is 0 Å². The van der Waals surface area contributed by atoms with Crippen LogP contribution in [0.4, 0.5) is 11.4 Å². The second-order valence-electron chi connectivity index (χ2n) is 5.93. The number of anilines is 2. The van der Waals surface area contributed by atoms with E-state index in [1.165, 1.54) is 42.5 Å². The molecule has 0 saturated heterocycles. The molecule has 2 N–H and O–H groups in total. The molecular formula is C19H18N2O6S3. The van der Waals surface area contributed by atoms with Crippen LogP contribution >= 0.6 is 11.3 Å². The molecule has 0 aliphatic rings. The van der Waals surface area contributed by atoms with Crippen molar-refractivity contribution in [1.82, 2.24) is 0 Å². The number of hydrogen-bond acceptors (Lipinski definition) is 7. The van der Waals surface area contributed by atoms with Gasteiger partial charge in [0.05, 0.1) is 28.4 Å². The fourth-order valence-electron chi connectivity index (χ4n) is 2.46. The number of hydrogen-bond donors (Lipinski definition) is 2. The molecule has 2 aromatic carbocycles. The number of carbonyl (C=O) groups excluding carboxylic acids is 1. The van der Waals surface area contributed by atoms with Gasteiger partial charge in [-0.15, -0.1) is 11.3 Å². The minimum Gasteiger partial charge on any atom is -0.462 e. The number of esters is 1. The molecule has 0 aliphatic carbocycles. The Labute approximate surface area is 178 Å². The number of ether oxygens (including phenoxy) is 1. The van der Waals surface area contributed by atoms with Crippen molar-refractivity contribution < 1.29 is 26.4 Å². The minimum atomic E-state index is -4.03. The van der Waals surface area contributed by atoms with E-state index >= 15 is 0 Å². The van der Waals surface area contributed by atoms with Gasteiger partial charge in [0.2, 0.25) is 0 Å². The minimum absolute atomic E-state index is 0.0621. The lowest BCUT2D eigenvalue weighted by Gasteiger charge is -2.14. The van der Waals surface area contributed by atoms with E-state index in [4.69, 9.17) is 4.74 Å². The molecule has 0 fully saturated rings. The molecule has 0 unspecified atom stereocenters. The van der Waals surface area contributed by atoms with Gasteiger partial charge in [0.25, 0.3) is 20.0 Å². The van der Waals surface area contributed by atoms with Crippen LogP contribution in [0.1, 0.15) is 17.3 Å². The van der Waals surface area contributed by atoms with Crippen molar-refractivity contribution >= 4 is 48.7 Å². The Kier molecular flexibility index (Phi) is 6.44.